The van der Waals surface area contributed by atoms with E-state index in [4.69, 9.17) is 10.1 Å². The molecule has 1 aliphatic carbocycles. The van der Waals surface area contributed by atoms with E-state index in [0.29, 0.717) is 49.0 Å². The van der Waals surface area contributed by atoms with Gasteiger partial charge in [-0.25, -0.2) is 9.78 Å². The first-order valence-electron chi connectivity index (χ1n) is 10.7. The van der Waals surface area contributed by atoms with Crippen LogP contribution in [0.25, 0.3) is 16.6 Å². The van der Waals surface area contributed by atoms with Crippen molar-refractivity contribution in [1.29, 1.82) is 0 Å². The SMILES string of the molecule is C=C(C)c1cc2cnc(NC3CCN(C(=O)O)CC3)nc2n(C2CCCC2C)c1=O. The van der Waals surface area contributed by atoms with Crippen LogP contribution < -0.4 is 10.9 Å². The zero-order chi connectivity index (χ0) is 21.4. The summed E-state index contributed by atoms with van der Waals surface area (Å²) in [6, 6.07) is 2.07. The number of pyridine rings is 1. The minimum atomic E-state index is -0.876. The number of hydrogen-bond donors (Lipinski definition) is 2. The minimum Gasteiger partial charge on any atom is -0.465 e. The maximum Gasteiger partial charge on any atom is 0.407 e. The fourth-order valence-corrected chi connectivity index (χ4v) is 4.71. The van der Waals surface area contributed by atoms with Gasteiger partial charge in [-0.05, 0) is 50.2 Å². The lowest BCUT2D eigenvalue weighted by Crippen LogP contribution is -2.41. The van der Waals surface area contributed by atoms with E-state index in [2.05, 4.69) is 23.8 Å². The van der Waals surface area contributed by atoms with Crippen LogP contribution in [-0.2, 0) is 0 Å². The number of nitrogens with one attached hydrogen (secondary N) is 1. The molecule has 2 N–H and O–H groups in total. The molecule has 2 aromatic heterocycles. The zero-order valence-corrected chi connectivity index (χ0v) is 17.6. The van der Waals surface area contributed by atoms with Crippen LogP contribution in [0.5, 0.6) is 0 Å². The van der Waals surface area contributed by atoms with E-state index in [0.717, 1.165) is 30.2 Å². The van der Waals surface area contributed by atoms with Crippen molar-refractivity contribution < 1.29 is 9.90 Å². The minimum absolute atomic E-state index is 0.0341. The number of rotatable bonds is 4. The van der Waals surface area contributed by atoms with Crippen molar-refractivity contribution in [2.75, 3.05) is 18.4 Å². The van der Waals surface area contributed by atoms with E-state index in [9.17, 15) is 9.59 Å². The Morgan fingerprint density at radius 3 is 2.60 bits per heavy atom. The summed E-state index contributed by atoms with van der Waals surface area (Å²) in [5.74, 6) is 0.899. The fourth-order valence-electron chi connectivity index (χ4n) is 4.71. The molecule has 1 saturated heterocycles. The largest absolute Gasteiger partial charge is 0.465 e. The summed E-state index contributed by atoms with van der Waals surface area (Å²) in [6.07, 6.45) is 5.47. The van der Waals surface area contributed by atoms with Crippen LogP contribution in [0.1, 0.15) is 57.6 Å². The van der Waals surface area contributed by atoms with Gasteiger partial charge in [-0.15, -0.1) is 0 Å². The number of allylic oxidation sites excluding steroid dienone is 1. The number of piperidine rings is 1. The first-order chi connectivity index (χ1) is 14.3. The third-order valence-electron chi connectivity index (χ3n) is 6.48. The number of fused-ring (bicyclic) bond motifs is 1. The van der Waals surface area contributed by atoms with Gasteiger partial charge in [-0.1, -0.05) is 19.9 Å². The molecule has 2 aliphatic rings. The molecule has 30 heavy (non-hydrogen) atoms. The van der Waals surface area contributed by atoms with Gasteiger partial charge in [0.25, 0.3) is 5.56 Å². The Morgan fingerprint density at radius 2 is 2.00 bits per heavy atom. The summed E-state index contributed by atoms with van der Waals surface area (Å²) in [6.45, 7) is 9.01. The highest BCUT2D eigenvalue weighted by Crippen LogP contribution is 2.36. The molecule has 1 amide bonds. The van der Waals surface area contributed by atoms with Crippen LogP contribution in [0.3, 0.4) is 0 Å². The fraction of sp³-hybridized carbons (Fsp3) is 0.545. The van der Waals surface area contributed by atoms with E-state index in [1.165, 1.54) is 4.90 Å². The van der Waals surface area contributed by atoms with Gasteiger partial charge in [0.2, 0.25) is 5.95 Å². The van der Waals surface area contributed by atoms with Crippen LogP contribution in [0.2, 0.25) is 0 Å². The molecule has 160 valence electrons. The maximum atomic E-state index is 13.3. The molecule has 0 bridgehead atoms. The molecule has 2 unspecified atom stereocenters. The number of amides is 1. The Bertz CT molecular complexity index is 1040. The molecule has 2 fully saturated rings. The van der Waals surface area contributed by atoms with E-state index < -0.39 is 6.09 Å². The molecule has 2 atom stereocenters. The molecule has 0 spiro atoms. The van der Waals surface area contributed by atoms with Crippen molar-refractivity contribution in [2.45, 2.75) is 58.0 Å². The van der Waals surface area contributed by atoms with Gasteiger partial charge in [0, 0.05) is 42.3 Å². The van der Waals surface area contributed by atoms with Crippen molar-refractivity contribution in [3.63, 3.8) is 0 Å². The summed E-state index contributed by atoms with van der Waals surface area (Å²) in [4.78, 5) is 35.1. The Morgan fingerprint density at radius 1 is 1.27 bits per heavy atom. The van der Waals surface area contributed by atoms with E-state index >= 15 is 0 Å². The normalized spacial score (nSPS) is 22.4. The van der Waals surface area contributed by atoms with Gasteiger partial charge in [0.1, 0.15) is 5.65 Å². The third-order valence-corrected chi connectivity index (χ3v) is 6.48. The number of carbonyl (C=O) groups is 1. The van der Waals surface area contributed by atoms with Crippen molar-refractivity contribution in [2.24, 2.45) is 5.92 Å². The molecule has 0 aromatic carbocycles. The molecule has 3 heterocycles. The van der Waals surface area contributed by atoms with E-state index in [1.54, 1.807) is 6.20 Å². The average Bonchev–Trinajstić information content (AvgIpc) is 3.13. The summed E-state index contributed by atoms with van der Waals surface area (Å²) < 4.78 is 1.86. The van der Waals surface area contributed by atoms with Gasteiger partial charge in [0.15, 0.2) is 0 Å². The molecule has 1 saturated carbocycles. The van der Waals surface area contributed by atoms with Crippen LogP contribution in [-0.4, -0.2) is 49.8 Å². The van der Waals surface area contributed by atoms with Crippen molar-refractivity contribution in [1.82, 2.24) is 19.4 Å². The monoisotopic (exact) mass is 411 g/mol. The summed E-state index contributed by atoms with van der Waals surface area (Å²) in [7, 11) is 0. The summed E-state index contributed by atoms with van der Waals surface area (Å²) in [5, 5.41) is 13.3. The second-order valence-electron chi connectivity index (χ2n) is 8.65. The molecule has 8 nitrogen and oxygen atoms in total. The van der Waals surface area contributed by atoms with Gasteiger partial charge in [-0.3, -0.25) is 9.36 Å². The Balaban J connectivity index is 1.69. The number of nitrogens with zero attached hydrogens (tertiary/aromatic N) is 4. The van der Waals surface area contributed by atoms with E-state index in [1.807, 2.05) is 17.6 Å². The maximum absolute atomic E-state index is 13.3. The van der Waals surface area contributed by atoms with Crippen LogP contribution in [0.4, 0.5) is 10.7 Å². The predicted octanol–water partition coefficient (Wildman–Crippen LogP) is 3.74. The van der Waals surface area contributed by atoms with Crippen LogP contribution in [0.15, 0.2) is 23.6 Å². The number of anilines is 1. The van der Waals surface area contributed by atoms with E-state index in [-0.39, 0.29) is 17.6 Å². The van der Waals surface area contributed by atoms with Gasteiger partial charge in [-0.2, -0.15) is 4.98 Å². The Hall–Kier alpha value is -2.90. The molecule has 1 aliphatic heterocycles. The first kappa shape index (κ1) is 20.4. The van der Waals surface area contributed by atoms with Crippen LogP contribution >= 0.6 is 0 Å². The molecule has 2 aromatic rings. The van der Waals surface area contributed by atoms with Gasteiger partial charge in [0.05, 0.1) is 0 Å². The lowest BCUT2D eigenvalue weighted by Gasteiger charge is -2.30. The topological polar surface area (TPSA) is 100 Å². The third kappa shape index (κ3) is 3.78. The number of carboxylic acid groups (broad SMARTS) is 1. The number of aromatic nitrogens is 3. The zero-order valence-electron chi connectivity index (χ0n) is 17.6. The molecule has 8 heteroatoms. The highest BCUT2D eigenvalue weighted by atomic mass is 16.4. The lowest BCUT2D eigenvalue weighted by atomic mass is 10.0. The van der Waals surface area contributed by atoms with Crippen molar-refractivity contribution in [3.05, 3.63) is 34.8 Å². The van der Waals surface area contributed by atoms with Crippen molar-refractivity contribution >= 4 is 28.6 Å². The quantitative estimate of drug-likeness (QED) is 0.795. The number of hydrogen-bond acceptors (Lipinski definition) is 5. The standard InChI is InChI=1S/C22H29N5O3/c1-13(2)17-11-15-12-23-21(24-16-7-9-26(10-8-16)22(29)30)25-19(15)27(20(17)28)18-6-4-5-14(18)3/h11-12,14,16,18H,1,4-10H2,2-3H3,(H,29,30)(H,23,24,25). The molecule has 0 radical (unpaired) electrons. The second kappa shape index (κ2) is 8.08. The summed E-state index contributed by atoms with van der Waals surface area (Å²) >= 11 is 0. The molecule has 4 rings (SSSR count). The smallest absolute Gasteiger partial charge is 0.407 e. The molecular formula is C22H29N5O3. The molecular weight excluding hydrogens is 382 g/mol. The second-order valence-corrected chi connectivity index (χ2v) is 8.65. The summed E-state index contributed by atoms with van der Waals surface area (Å²) in [5.41, 5.74) is 1.98. The number of likely N-dealkylation sites (tertiary alicyclic amines) is 1. The lowest BCUT2D eigenvalue weighted by molar-refractivity contribution is 0.133. The highest BCUT2D eigenvalue weighted by molar-refractivity contribution is 5.80. The first-order valence-corrected chi connectivity index (χ1v) is 10.7. The predicted molar refractivity (Wildman–Crippen MR) is 117 cm³/mol. The van der Waals surface area contributed by atoms with Crippen LogP contribution in [0, 0.1) is 5.92 Å². The van der Waals surface area contributed by atoms with Gasteiger partial charge >= 0.3 is 6.09 Å². The van der Waals surface area contributed by atoms with Gasteiger partial charge < -0.3 is 15.3 Å². The Labute approximate surface area is 175 Å². The highest BCUT2D eigenvalue weighted by Gasteiger charge is 2.29. The van der Waals surface area contributed by atoms with Crippen molar-refractivity contribution in [3.8, 4) is 0 Å². The average molecular weight is 412 g/mol. The Kier molecular flexibility index (Phi) is 5.49.